The number of hydrogen-bond donors (Lipinski definition) is 0. The molecule has 0 radical (unpaired) electrons. The van der Waals surface area contributed by atoms with Crippen LogP contribution in [0.15, 0.2) is 79.0 Å². The van der Waals surface area contributed by atoms with Gasteiger partial charge in [0.15, 0.2) is 0 Å². The van der Waals surface area contributed by atoms with Crippen LogP contribution in [0.5, 0.6) is 11.5 Å². The summed E-state index contributed by atoms with van der Waals surface area (Å²) >= 11 is 0. The molecule has 1 aromatic heterocycles. The summed E-state index contributed by atoms with van der Waals surface area (Å²) in [6.07, 6.45) is 1.82. The Morgan fingerprint density at radius 3 is 2.36 bits per heavy atom. The van der Waals surface area contributed by atoms with Crippen molar-refractivity contribution >= 4 is 5.91 Å². The van der Waals surface area contributed by atoms with Crippen molar-refractivity contribution in [1.82, 2.24) is 14.8 Å². The average molecular weight is 373 g/mol. The molecule has 0 atom stereocenters. The van der Waals surface area contributed by atoms with Gasteiger partial charge in [0.05, 0.1) is 5.69 Å². The zero-order chi connectivity index (χ0) is 19.2. The molecular weight excluding hydrogens is 350 g/mol. The molecule has 3 aromatic rings. The lowest BCUT2D eigenvalue weighted by atomic mass is 10.1. The molecule has 1 fully saturated rings. The number of nitrogens with zero attached hydrogens (tertiary/aromatic N) is 3. The van der Waals surface area contributed by atoms with E-state index < -0.39 is 0 Å². The molecule has 2 heterocycles. The summed E-state index contributed by atoms with van der Waals surface area (Å²) in [4.78, 5) is 21.5. The fourth-order valence-electron chi connectivity index (χ4n) is 3.33. The first kappa shape index (κ1) is 18.2. The SMILES string of the molecule is O=C(c1cccc(Oc2ccccc2)c1)N1CCN(Cc2ccccn2)CC1. The second kappa shape index (κ2) is 8.67. The monoisotopic (exact) mass is 373 g/mol. The highest BCUT2D eigenvalue weighted by atomic mass is 16.5. The second-order valence-electron chi connectivity index (χ2n) is 6.83. The van der Waals surface area contributed by atoms with Crippen LogP contribution in [0, 0.1) is 0 Å². The molecule has 0 saturated carbocycles. The quantitative estimate of drug-likeness (QED) is 0.682. The van der Waals surface area contributed by atoms with Crippen LogP contribution in [0.2, 0.25) is 0 Å². The molecule has 0 spiro atoms. The van der Waals surface area contributed by atoms with E-state index in [2.05, 4.69) is 9.88 Å². The summed E-state index contributed by atoms with van der Waals surface area (Å²) in [6, 6.07) is 23.0. The van der Waals surface area contributed by atoms with Gasteiger partial charge < -0.3 is 9.64 Å². The van der Waals surface area contributed by atoms with Gasteiger partial charge in [-0.2, -0.15) is 0 Å². The third-order valence-electron chi connectivity index (χ3n) is 4.83. The number of piperazine rings is 1. The highest BCUT2D eigenvalue weighted by molar-refractivity contribution is 5.94. The molecule has 2 aromatic carbocycles. The van der Waals surface area contributed by atoms with Crippen molar-refractivity contribution in [2.45, 2.75) is 6.54 Å². The van der Waals surface area contributed by atoms with Crippen LogP contribution < -0.4 is 4.74 Å². The van der Waals surface area contributed by atoms with Crippen molar-refractivity contribution in [2.75, 3.05) is 26.2 Å². The molecule has 28 heavy (non-hydrogen) atoms. The van der Waals surface area contributed by atoms with E-state index in [4.69, 9.17) is 4.74 Å². The van der Waals surface area contributed by atoms with Gasteiger partial charge in [0, 0.05) is 44.5 Å². The minimum Gasteiger partial charge on any atom is -0.457 e. The number of aromatic nitrogens is 1. The molecule has 0 N–H and O–H groups in total. The summed E-state index contributed by atoms with van der Waals surface area (Å²) in [5.74, 6) is 1.48. The predicted octanol–water partition coefficient (Wildman–Crippen LogP) is 3.83. The van der Waals surface area contributed by atoms with Crippen molar-refractivity contribution in [1.29, 1.82) is 0 Å². The van der Waals surface area contributed by atoms with E-state index in [1.807, 2.05) is 83.9 Å². The highest BCUT2D eigenvalue weighted by Gasteiger charge is 2.22. The molecule has 1 aliphatic rings. The molecule has 142 valence electrons. The Kier molecular flexibility index (Phi) is 5.64. The normalized spacial score (nSPS) is 14.6. The lowest BCUT2D eigenvalue weighted by Crippen LogP contribution is -2.48. The summed E-state index contributed by atoms with van der Waals surface area (Å²) < 4.78 is 5.85. The number of ether oxygens (including phenoxy) is 1. The van der Waals surface area contributed by atoms with Gasteiger partial charge in [-0.15, -0.1) is 0 Å². The van der Waals surface area contributed by atoms with E-state index in [1.54, 1.807) is 0 Å². The Morgan fingerprint density at radius 1 is 0.857 bits per heavy atom. The summed E-state index contributed by atoms with van der Waals surface area (Å²) in [7, 11) is 0. The van der Waals surface area contributed by atoms with E-state index in [0.29, 0.717) is 11.3 Å². The maximum atomic E-state index is 12.9. The lowest BCUT2D eigenvalue weighted by molar-refractivity contribution is 0.0626. The largest absolute Gasteiger partial charge is 0.457 e. The van der Waals surface area contributed by atoms with Crippen LogP contribution in [0.1, 0.15) is 16.1 Å². The van der Waals surface area contributed by atoms with E-state index in [0.717, 1.165) is 44.2 Å². The number of hydrogen-bond acceptors (Lipinski definition) is 4. The first-order chi connectivity index (χ1) is 13.8. The Labute approximate surface area is 165 Å². The molecule has 1 aliphatic heterocycles. The molecule has 0 bridgehead atoms. The minimum atomic E-state index is 0.0518. The first-order valence-corrected chi connectivity index (χ1v) is 9.52. The third-order valence-corrected chi connectivity index (χ3v) is 4.83. The number of amides is 1. The average Bonchev–Trinajstić information content (AvgIpc) is 2.75. The van der Waals surface area contributed by atoms with Gasteiger partial charge in [0.25, 0.3) is 5.91 Å². The molecule has 4 rings (SSSR count). The summed E-state index contributed by atoms with van der Waals surface area (Å²) in [5.41, 5.74) is 1.72. The molecule has 1 saturated heterocycles. The number of pyridine rings is 1. The number of benzene rings is 2. The van der Waals surface area contributed by atoms with Gasteiger partial charge in [0.1, 0.15) is 11.5 Å². The number of para-hydroxylation sites is 1. The third kappa shape index (κ3) is 4.56. The first-order valence-electron chi connectivity index (χ1n) is 9.52. The van der Waals surface area contributed by atoms with Crippen LogP contribution in [-0.2, 0) is 6.54 Å². The minimum absolute atomic E-state index is 0.0518. The van der Waals surface area contributed by atoms with Crippen LogP contribution in [0.4, 0.5) is 0 Å². The fraction of sp³-hybridized carbons (Fsp3) is 0.217. The molecule has 5 nitrogen and oxygen atoms in total. The fourth-order valence-corrected chi connectivity index (χ4v) is 3.33. The van der Waals surface area contributed by atoms with Crippen LogP contribution >= 0.6 is 0 Å². The summed E-state index contributed by atoms with van der Waals surface area (Å²) in [5, 5.41) is 0. The maximum Gasteiger partial charge on any atom is 0.254 e. The van der Waals surface area contributed by atoms with E-state index in [9.17, 15) is 4.79 Å². The molecule has 0 aliphatic carbocycles. The van der Waals surface area contributed by atoms with E-state index in [-0.39, 0.29) is 5.91 Å². The molecule has 1 amide bonds. The van der Waals surface area contributed by atoms with Gasteiger partial charge >= 0.3 is 0 Å². The van der Waals surface area contributed by atoms with Gasteiger partial charge in [0.2, 0.25) is 0 Å². The zero-order valence-electron chi connectivity index (χ0n) is 15.7. The number of rotatable bonds is 5. The topological polar surface area (TPSA) is 45.7 Å². The summed E-state index contributed by atoms with van der Waals surface area (Å²) in [6.45, 7) is 3.96. The van der Waals surface area contributed by atoms with Crippen molar-refractivity contribution in [2.24, 2.45) is 0 Å². The Bertz CT molecular complexity index is 907. The second-order valence-corrected chi connectivity index (χ2v) is 6.83. The standard InChI is InChI=1S/C23H23N3O2/c27-23(19-7-6-11-22(17-19)28-21-9-2-1-3-10-21)26-15-13-25(14-16-26)18-20-8-4-5-12-24-20/h1-12,17H,13-16,18H2. The van der Waals surface area contributed by atoms with E-state index in [1.165, 1.54) is 0 Å². The smallest absolute Gasteiger partial charge is 0.254 e. The van der Waals surface area contributed by atoms with Crippen LogP contribution in [-0.4, -0.2) is 46.9 Å². The molecular formula is C23H23N3O2. The van der Waals surface area contributed by atoms with Crippen molar-refractivity contribution in [3.63, 3.8) is 0 Å². The van der Waals surface area contributed by atoms with Crippen molar-refractivity contribution in [3.05, 3.63) is 90.3 Å². The number of carbonyl (C=O) groups excluding carboxylic acids is 1. The predicted molar refractivity (Wildman–Crippen MR) is 108 cm³/mol. The van der Waals surface area contributed by atoms with Crippen LogP contribution in [0.25, 0.3) is 0 Å². The highest BCUT2D eigenvalue weighted by Crippen LogP contribution is 2.22. The Balaban J connectivity index is 1.35. The Morgan fingerprint density at radius 2 is 1.61 bits per heavy atom. The molecule has 0 unspecified atom stereocenters. The van der Waals surface area contributed by atoms with Gasteiger partial charge in [-0.25, -0.2) is 0 Å². The Hall–Kier alpha value is -3.18. The number of carbonyl (C=O) groups is 1. The lowest BCUT2D eigenvalue weighted by Gasteiger charge is -2.34. The zero-order valence-corrected chi connectivity index (χ0v) is 15.7. The van der Waals surface area contributed by atoms with Crippen molar-refractivity contribution < 1.29 is 9.53 Å². The van der Waals surface area contributed by atoms with Gasteiger partial charge in [-0.1, -0.05) is 30.3 Å². The van der Waals surface area contributed by atoms with Gasteiger partial charge in [-0.3, -0.25) is 14.7 Å². The van der Waals surface area contributed by atoms with E-state index >= 15 is 0 Å². The van der Waals surface area contributed by atoms with Crippen molar-refractivity contribution in [3.8, 4) is 11.5 Å². The van der Waals surface area contributed by atoms with Gasteiger partial charge in [-0.05, 0) is 42.5 Å². The van der Waals surface area contributed by atoms with Crippen LogP contribution in [0.3, 0.4) is 0 Å². The maximum absolute atomic E-state index is 12.9. The molecule has 5 heteroatoms.